The summed E-state index contributed by atoms with van der Waals surface area (Å²) in [5.41, 5.74) is 1.78. The van der Waals surface area contributed by atoms with Gasteiger partial charge in [0.25, 0.3) is 15.9 Å². The van der Waals surface area contributed by atoms with Crippen LogP contribution in [-0.2, 0) is 10.0 Å². The first-order valence-electron chi connectivity index (χ1n) is 8.84. The fraction of sp³-hybridized carbons (Fsp3) is 0.350. The molecule has 5 nitrogen and oxygen atoms in total. The van der Waals surface area contributed by atoms with Gasteiger partial charge in [0, 0.05) is 18.7 Å². The van der Waals surface area contributed by atoms with Crippen molar-refractivity contribution in [2.75, 3.05) is 11.8 Å². The van der Waals surface area contributed by atoms with Crippen molar-refractivity contribution in [3.8, 4) is 0 Å². The van der Waals surface area contributed by atoms with Gasteiger partial charge in [0.15, 0.2) is 0 Å². The second-order valence-corrected chi connectivity index (χ2v) is 8.48. The predicted octanol–water partition coefficient (Wildman–Crippen LogP) is 3.81. The number of hydrogen-bond donors (Lipinski definition) is 1. The molecule has 1 N–H and O–H groups in total. The van der Waals surface area contributed by atoms with Crippen molar-refractivity contribution in [1.29, 1.82) is 0 Å². The fourth-order valence-electron chi connectivity index (χ4n) is 3.38. The average Bonchev–Trinajstić information content (AvgIpc) is 3.17. The highest BCUT2D eigenvalue weighted by Crippen LogP contribution is 2.25. The second kappa shape index (κ2) is 7.50. The van der Waals surface area contributed by atoms with E-state index in [1.807, 2.05) is 11.9 Å². The lowest BCUT2D eigenvalue weighted by molar-refractivity contribution is 0.0735. The van der Waals surface area contributed by atoms with Gasteiger partial charge in [-0.25, -0.2) is 8.42 Å². The lowest BCUT2D eigenvalue weighted by atomic mass is 10.1. The molecule has 1 amide bonds. The van der Waals surface area contributed by atoms with Gasteiger partial charge in [-0.3, -0.25) is 9.52 Å². The highest BCUT2D eigenvalue weighted by molar-refractivity contribution is 7.92. The molecule has 0 saturated heterocycles. The summed E-state index contributed by atoms with van der Waals surface area (Å²) in [6.07, 6.45) is 4.44. The molecule has 0 radical (unpaired) electrons. The second-order valence-electron chi connectivity index (χ2n) is 6.80. The van der Waals surface area contributed by atoms with Gasteiger partial charge in [0.2, 0.25) is 0 Å². The monoisotopic (exact) mass is 372 g/mol. The molecule has 0 bridgehead atoms. The number of hydrogen-bond acceptors (Lipinski definition) is 3. The summed E-state index contributed by atoms with van der Waals surface area (Å²) in [6.45, 7) is 1.80. The number of benzene rings is 2. The maximum atomic E-state index is 12.7. The summed E-state index contributed by atoms with van der Waals surface area (Å²) in [4.78, 5) is 14.7. The van der Waals surface area contributed by atoms with Gasteiger partial charge in [-0.2, -0.15) is 0 Å². The number of sulfonamides is 1. The first kappa shape index (κ1) is 18.5. The Hall–Kier alpha value is -2.34. The number of rotatable bonds is 5. The van der Waals surface area contributed by atoms with Crippen LogP contribution in [0.5, 0.6) is 0 Å². The fourth-order valence-corrected chi connectivity index (χ4v) is 4.53. The molecule has 26 heavy (non-hydrogen) atoms. The molecule has 0 atom stereocenters. The van der Waals surface area contributed by atoms with Gasteiger partial charge in [-0.1, -0.05) is 31.0 Å². The Bertz CT molecular complexity index is 889. The minimum atomic E-state index is -3.64. The summed E-state index contributed by atoms with van der Waals surface area (Å²) in [7, 11) is -1.80. The zero-order valence-electron chi connectivity index (χ0n) is 15.1. The Kier molecular flexibility index (Phi) is 5.32. The van der Waals surface area contributed by atoms with Crippen molar-refractivity contribution in [1.82, 2.24) is 4.90 Å². The number of aryl methyl sites for hydroxylation is 1. The van der Waals surface area contributed by atoms with Crippen molar-refractivity contribution in [2.45, 2.75) is 43.5 Å². The number of nitrogens with zero attached hydrogens (tertiary/aromatic N) is 1. The van der Waals surface area contributed by atoms with Gasteiger partial charge < -0.3 is 4.90 Å². The molecule has 2 aromatic carbocycles. The van der Waals surface area contributed by atoms with E-state index in [1.54, 1.807) is 55.5 Å². The summed E-state index contributed by atoms with van der Waals surface area (Å²) in [5, 5.41) is 0. The highest BCUT2D eigenvalue weighted by Gasteiger charge is 2.24. The van der Waals surface area contributed by atoms with E-state index in [2.05, 4.69) is 4.72 Å². The van der Waals surface area contributed by atoms with Gasteiger partial charge >= 0.3 is 0 Å². The van der Waals surface area contributed by atoms with Crippen molar-refractivity contribution in [3.05, 3.63) is 59.7 Å². The molecule has 138 valence electrons. The molecule has 3 rings (SSSR count). The maximum Gasteiger partial charge on any atom is 0.261 e. The largest absolute Gasteiger partial charge is 0.339 e. The summed E-state index contributed by atoms with van der Waals surface area (Å²) >= 11 is 0. The zero-order chi connectivity index (χ0) is 18.7. The third-order valence-electron chi connectivity index (χ3n) is 4.96. The van der Waals surface area contributed by atoms with Crippen LogP contribution in [0.4, 0.5) is 5.69 Å². The number of anilines is 1. The molecule has 1 fully saturated rings. The van der Waals surface area contributed by atoms with E-state index in [4.69, 9.17) is 0 Å². The van der Waals surface area contributed by atoms with E-state index in [0.29, 0.717) is 17.3 Å². The normalized spacial score (nSPS) is 15.0. The molecular weight excluding hydrogens is 348 g/mol. The standard InChI is InChI=1S/C20H24N2O3S/c1-15-14-16(20(23)22(2)17-8-6-7-9-17)12-13-19(15)21-26(24,25)18-10-4-3-5-11-18/h3-5,10-14,17,21H,6-9H2,1-2H3. The van der Waals surface area contributed by atoms with Crippen molar-refractivity contribution in [3.63, 3.8) is 0 Å². The summed E-state index contributed by atoms with van der Waals surface area (Å²) in [6, 6.07) is 13.6. The molecule has 6 heteroatoms. The molecule has 1 aliphatic carbocycles. The third-order valence-corrected chi connectivity index (χ3v) is 6.35. The van der Waals surface area contributed by atoms with Crippen LogP contribution in [0.2, 0.25) is 0 Å². The van der Waals surface area contributed by atoms with E-state index in [-0.39, 0.29) is 10.8 Å². The molecule has 2 aromatic rings. The van der Waals surface area contributed by atoms with Crippen molar-refractivity contribution in [2.24, 2.45) is 0 Å². The number of carbonyl (C=O) groups is 1. The van der Waals surface area contributed by atoms with E-state index in [1.165, 1.54) is 12.8 Å². The predicted molar refractivity (Wildman–Crippen MR) is 103 cm³/mol. The van der Waals surface area contributed by atoms with Gasteiger partial charge in [-0.15, -0.1) is 0 Å². The minimum Gasteiger partial charge on any atom is -0.339 e. The van der Waals surface area contributed by atoms with Crippen LogP contribution in [0.3, 0.4) is 0 Å². The first-order valence-corrected chi connectivity index (χ1v) is 10.3. The average molecular weight is 372 g/mol. The molecule has 0 aromatic heterocycles. The Morgan fingerprint density at radius 3 is 2.35 bits per heavy atom. The molecule has 0 unspecified atom stereocenters. The van der Waals surface area contributed by atoms with Gasteiger partial charge in [0.05, 0.1) is 10.6 Å². The number of carbonyl (C=O) groups excluding carboxylic acids is 1. The molecule has 1 saturated carbocycles. The van der Waals surface area contributed by atoms with Crippen LogP contribution >= 0.6 is 0 Å². The molecule has 0 aliphatic heterocycles. The summed E-state index contributed by atoms with van der Waals surface area (Å²) < 4.78 is 27.5. The Morgan fingerprint density at radius 2 is 1.73 bits per heavy atom. The number of nitrogens with one attached hydrogen (secondary N) is 1. The van der Waals surface area contributed by atoms with Gasteiger partial charge in [0.1, 0.15) is 0 Å². The van der Waals surface area contributed by atoms with E-state index in [0.717, 1.165) is 18.4 Å². The van der Waals surface area contributed by atoms with E-state index < -0.39 is 10.0 Å². The molecular formula is C20H24N2O3S. The summed E-state index contributed by atoms with van der Waals surface area (Å²) in [5.74, 6) is -0.0162. The van der Waals surface area contributed by atoms with E-state index >= 15 is 0 Å². The first-order chi connectivity index (χ1) is 12.4. The molecule has 0 heterocycles. The topological polar surface area (TPSA) is 66.5 Å². The third kappa shape index (κ3) is 3.90. The van der Waals surface area contributed by atoms with Crippen LogP contribution in [0.25, 0.3) is 0 Å². The van der Waals surface area contributed by atoms with Gasteiger partial charge in [-0.05, 0) is 55.7 Å². The molecule has 1 aliphatic rings. The quantitative estimate of drug-likeness (QED) is 0.868. The Morgan fingerprint density at radius 1 is 1.08 bits per heavy atom. The number of amides is 1. The SMILES string of the molecule is Cc1cc(C(=O)N(C)C2CCCC2)ccc1NS(=O)(=O)c1ccccc1. The lowest BCUT2D eigenvalue weighted by Crippen LogP contribution is -2.35. The highest BCUT2D eigenvalue weighted by atomic mass is 32.2. The minimum absolute atomic E-state index is 0.0162. The van der Waals surface area contributed by atoms with Crippen LogP contribution in [0.1, 0.15) is 41.6 Å². The smallest absolute Gasteiger partial charge is 0.261 e. The van der Waals surface area contributed by atoms with Crippen LogP contribution < -0.4 is 4.72 Å². The van der Waals surface area contributed by atoms with Crippen molar-refractivity contribution >= 4 is 21.6 Å². The Labute approximate surface area is 155 Å². The van der Waals surface area contributed by atoms with Crippen LogP contribution in [-0.4, -0.2) is 32.3 Å². The van der Waals surface area contributed by atoms with Crippen molar-refractivity contribution < 1.29 is 13.2 Å². The Balaban J connectivity index is 1.78. The maximum absolute atomic E-state index is 12.7. The van der Waals surface area contributed by atoms with Crippen LogP contribution in [0, 0.1) is 6.92 Å². The van der Waals surface area contributed by atoms with Crippen LogP contribution in [0.15, 0.2) is 53.4 Å². The lowest BCUT2D eigenvalue weighted by Gasteiger charge is -2.24. The van der Waals surface area contributed by atoms with E-state index in [9.17, 15) is 13.2 Å². The molecule has 0 spiro atoms. The zero-order valence-corrected chi connectivity index (χ0v) is 15.9.